The second-order valence-corrected chi connectivity index (χ2v) is 5.91. The van der Waals surface area contributed by atoms with E-state index in [1.165, 1.54) is 11.1 Å². The molecular formula is C19H21N3O. The van der Waals surface area contributed by atoms with Crippen LogP contribution in [0.25, 0.3) is 10.9 Å². The maximum Gasteiger partial charge on any atom is 0.248 e. The highest BCUT2D eigenvalue weighted by atomic mass is 16.1. The smallest absolute Gasteiger partial charge is 0.248 e. The number of hydrogen-bond acceptors (Lipinski definition) is 2. The SMILES string of the molecule is CN(CCc1c[nH]c2ccc(C(N)=O)cc12)Cc1ccccc1. The number of rotatable bonds is 6. The second-order valence-electron chi connectivity index (χ2n) is 5.91. The van der Waals surface area contributed by atoms with Crippen LogP contribution in [-0.2, 0) is 13.0 Å². The van der Waals surface area contributed by atoms with Crippen LogP contribution in [0.3, 0.4) is 0 Å². The lowest BCUT2D eigenvalue weighted by molar-refractivity contribution is 0.100. The normalized spacial score (nSPS) is 11.2. The Hall–Kier alpha value is -2.59. The van der Waals surface area contributed by atoms with Gasteiger partial charge in [0.15, 0.2) is 0 Å². The number of likely N-dealkylation sites (N-methyl/N-ethyl adjacent to an activating group) is 1. The van der Waals surface area contributed by atoms with Gasteiger partial charge in [-0.05, 0) is 42.8 Å². The number of hydrogen-bond donors (Lipinski definition) is 2. The number of carbonyl (C=O) groups excluding carboxylic acids is 1. The van der Waals surface area contributed by atoms with Crippen LogP contribution in [0.5, 0.6) is 0 Å². The molecule has 0 aliphatic heterocycles. The van der Waals surface area contributed by atoms with Gasteiger partial charge in [-0.15, -0.1) is 0 Å². The maximum absolute atomic E-state index is 11.4. The molecule has 0 aliphatic carbocycles. The molecule has 118 valence electrons. The van der Waals surface area contributed by atoms with Crippen LogP contribution in [0.4, 0.5) is 0 Å². The predicted molar refractivity (Wildman–Crippen MR) is 93.3 cm³/mol. The molecule has 4 heteroatoms. The number of benzene rings is 2. The van der Waals surface area contributed by atoms with Gasteiger partial charge in [0, 0.05) is 35.8 Å². The van der Waals surface area contributed by atoms with Gasteiger partial charge in [-0.2, -0.15) is 0 Å². The summed E-state index contributed by atoms with van der Waals surface area (Å²) in [5.74, 6) is -0.389. The molecule has 1 aromatic heterocycles. The van der Waals surface area contributed by atoms with E-state index < -0.39 is 0 Å². The summed E-state index contributed by atoms with van der Waals surface area (Å²) in [4.78, 5) is 16.9. The molecule has 0 spiro atoms. The number of amides is 1. The second kappa shape index (κ2) is 6.67. The number of nitrogens with one attached hydrogen (secondary N) is 1. The van der Waals surface area contributed by atoms with Crippen molar-refractivity contribution in [1.82, 2.24) is 9.88 Å². The molecule has 3 aromatic rings. The largest absolute Gasteiger partial charge is 0.366 e. The van der Waals surface area contributed by atoms with Crippen LogP contribution in [-0.4, -0.2) is 29.4 Å². The number of fused-ring (bicyclic) bond motifs is 1. The average Bonchev–Trinajstić information content (AvgIpc) is 2.96. The number of nitrogens with two attached hydrogens (primary N) is 1. The molecule has 0 atom stereocenters. The van der Waals surface area contributed by atoms with E-state index in [1.807, 2.05) is 24.4 Å². The molecular weight excluding hydrogens is 286 g/mol. The van der Waals surface area contributed by atoms with Gasteiger partial charge in [-0.1, -0.05) is 30.3 Å². The number of H-pyrrole nitrogens is 1. The van der Waals surface area contributed by atoms with Gasteiger partial charge in [0.25, 0.3) is 0 Å². The van der Waals surface area contributed by atoms with E-state index in [0.717, 1.165) is 30.4 Å². The molecule has 0 radical (unpaired) electrons. The van der Waals surface area contributed by atoms with Crippen LogP contribution in [0.15, 0.2) is 54.7 Å². The summed E-state index contributed by atoms with van der Waals surface area (Å²) in [5.41, 5.74) is 9.49. The molecule has 3 N–H and O–H groups in total. The molecule has 0 saturated heterocycles. The maximum atomic E-state index is 11.4. The third-order valence-electron chi connectivity index (χ3n) is 4.11. The van der Waals surface area contributed by atoms with E-state index in [2.05, 4.69) is 41.2 Å². The molecule has 4 nitrogen and oxygen atoms in total. The van der Waals surface area contributed by atoms with E-state index in [9.17, 15) is 4.79 Å². The third kappa shape index (κ3) is 3.60. The topological polar surface area (TPSA) is 62.1 Å². The van der Waals surface area contributed by atoms with Crippen LogP contribution < -0.4 is 5.73 Å². The summed E-state index contributed by atoms with van der Waals surface area (Å²) in [7, 11) is 2.12. The summed E-state index contributed by atoms with van der Waals surface area (Å²) in [6, 6.07) is 16.0. The van der Waals surface area contributed by atoms with Crippen molar-refractivity contribution in [3.05, 3.63) is 71.4 Å². The first kappa shape index (κ1) is 15.3. The minimum atomic E-state index is -0.389. The van der Waals surface area contributed by atoms with Crippen LogP contribution >= 0.6 is 0 Å². The summed E-state index contributed by atoms with van der Waals surface area (Å²) in [5, 5.41) is 1.08. The Balaban J connectivity index is 1.69. The lowest BCUT2D eigenvalue weighted by Gasteiger charge is -2.16. The Labute approximate surface area is 135 Å². The molecule has 1 heterocycles. The first-order valence-corrected chi connectivity index (χ1v) is 7.76. The Morgan fingerprint density at radius 1 is 1.17 bits per heavy atom. The zero-order valence-electron chi connectivity index (χ0n) is 13.3. The van der Waals surface area contributed by atoms with E-state index in [-0.39, 0.29) is 5.91 Å². The Morgan fingerprint density at radius 3 is 2.70 bits per heavy atom. The Kier molecular flexibility index (Phi) is 4.44. The highest BCUT2D eigenvalue weighted by Gasteiger charge is 2.08. The number of nitrogens with zero attached hydrogens (tertiary/aromatic N) is 1. The molecule has 3 rings (SSSR count). The lowest BCUT2D eigenvalue weighted by Crippen LogP contribution is -2.20. The van der Waals surface area contributed by atoms with Gasteiger partial charge in [-0.3, -0.25) is 4.79 Å². The van der Waals surface area contributed by atoms with Crippen LogP contribution in [0.2, 0.25) is 0 Å². The van der Waals surface area contributed by atoms with Gasteiger partial charge in [0.2, 0.25) is 5.91 Å². The van der Waals surface area contributed by atoms with Crippen molar-refractivity contribution in [1.29, 1.82) is 0 Å². The molecule has 0 saturated carbocycles. The highest BCUT2D eigenvalue weighted by Crippen LogP contribution is 2.20. The van der Waals surface area contributed by atoms with Crippen molar-refractivity contribution in [2.45, 2.75) is 13.0 Å². The molecule has 23 heavy (non-hydrogen) atoms. The van der Waals surface area contributed by atoms with Gasteiger partial charge in [0.1, 0.15) is 0 Å². The standard InChI is InChI=1S/C19H21N3O/c1-22(13-14-5-3-2-4-6-14)10-9-16-12-21-18-8-7-15(19(20)23)11-17(16)18/h2-8,11-12,21H,9-10,13H2,1H3,(H2,20,23). The van der Waals surface area contributed by atoms with E-state index in [4.69, 9.17) is 5.73 Å². The zero-order valence-corrected chi connectivity index (χ0v) is 13.3. The summed E-state index contributed by atoms with van der Waals surface area (Å²) < 4.78 is 0. The fourth-order valence-electron chi connectivity index (χ4n) is 2.82. The predicted octanol–water partition coefficient (Wildman–Crippen LogP) is 2.94. The quantitative estimate of drug-likeness (QED) is 0.735. The highest BCUT2D eigenvalue weighted by molar-refractivity contribution is 5.97. The number of aromatic nitrogens is 1. The van der Waals surface area contributed by atoms with Crippen LogP contribution in [0.1, 0.15) is 21.5 Å². The fourth-order valence-corrected chi connectivity index (χ4v) is 2.82. The molecule has 0 fully saturated rings. The molecule has 0 unspecified atom stereocenters. The minimum absolute atomic E-state index is 0.389. The Bertz CT molecular complexity index is 808. The Morgan fingerprint density at radius 2 is 1.96 bits per heavy atom. The minimum Gasteiger partial charge on any atom is -0.366 e. The molecule has 0 aliphatic rings. The molecule has 2 aromatic carbocycles. The lowest BCUT2D eigenvalue weighted by atomic mass is 10.1. The molecule has 1 amide bonds. The zero-order chi connectivity index (χ0) is 16.2. The summed E-state index contributed by atoms with van der Waals surface area (Å²) >= 11 is 0. The summed E-state index contributed by atoms with van der Waals surface area (Å²) in [6.45, 7) is 1.87. The van der Waals surface area contributed by atoms with Crippen molar-refractivity contribution in [2.75, 3.05) is 13.6 Å². The van der Waals surface area contributed by atoms with Gasteiger partial charge >= 0.3 is 0 Å². The first-order valence-electron chi connectivity index (χ1n) is 7.76. The van der Waals surface area contributed by atoms with E-state index in [0.29, 0.717) is 5.56 Å². The van der Waals surface area contributed by atoms with Crippen molar-refractivity contribution < 1.29 is 4.79 Å². The average molecular weight is 307 g/mol. The fraction of sp³-hybridized carbons (Fsp3) is 0.211. The van der Waals surface area contributed by atoms with Crippen LogP contribution in [0, 0.1) is 0 Å². The van der Waals surface area contributed by atoms with E-state index in [1.54, 1.807) is 6.07 Å². The number of carbonyl (C=O) groups is 1. The van der Waals surface area contributed by atoms with Crippen molar-refractivity contribution in [2.24, 2.45) is 5.73 Å². The third-order valence-corrected chi connectivity index (χ3v) is 4.11. The molecule has 0 bridgehead atoms. The number of primary amides is 1. The van der Waals surface area contributed by atoms with Gasteiger partial charge in [0.05, 0.1) is 0 Å². The van der Waals surface area contributed by atoms with Crippen molar-refractivity contribution >= 4 is 16.8 Å². The first-order chi connectivity index (χ1) is 11.1. The number of aromatic amines is 1. The summed E-state index contributed by atoms with van der Waals surface area (Å²) in [6.07, 6.45) is 2.94. The van der Waals surface area contributed by atoms with Gasteiger partial charge in [-0.25, -0.2) is 0 Å². The van der Waals surface area contributed by atoms with E-state index >= 15 is 0 Å². The van der Waals surface area contributed by atoms with Gasteiger partial charge < -0.3 is 15.6 Å². The monoisotopic (exact) mass is 307 g/mol. The van der Waals surface area contributed by atoms with Crippen molar-refractivity contribution in [3.63, 3.8) is 0 Å². The van der Waals surface area contributed by atoms with Crippen molar-refractivity contribution in [3.8, 4) is 0 Å².